The lowest BCUT2D eigenvalue weighted by Gasteiger charge is -2.38. The number of rotatable bonds is 5. The van der Waals surface area contributed by atoms with Gasteiger partial charge in [-0.05, 0) is 17.0 Å². The van der Waals surface area contributed by atoms with Crippen LogP contribution >= 0.6 is 11.3 Å². The topological polar surface area (TPSA) is 74.0 Å². The lowest BCUT2D eigenvalue weighted by molar-refractivity contribution is -0.130. The molecule has 1 aromatic carbocycles. The smallest absolute Gasteiger partial charge is 0.230 e. The van der Waals surface area contributed by atoms with Crippen molar-refractivity contribution in [2.75, 3.05) is 26.2 Å². The maximum Gasteiger partial charge on any atom is 0.230 e. The summed E-state index contributed by atoms with van der Waals surface area (Å²) in [6.07, 6.45) is 0.732. The van der Waals surface area contributed by atoms with Gasteiger partial charge in [-0.25, -0.2) is 4.98 Å². The minimum Gasteiger partial charge on any atom is -0.492 e. The molecular formula is C22H29N5O2S. The Balaban J connectivity index is 1.73. The highest BCUT2D eigenvalue weighted by atomic mass is 32.1. The summed E-state index contributed by atoms with van der Waals surface area (Å²) in [6, 6.07) is 8.55. The summed E-state index contributed by atoms with van der Waals surface area (Å²) in [7, 11) is 0. The van der Waals surface area contributed by atoms with E-state index in [0.29, 0.717) is 24.0 Å². The van der Waals surface area contributed by atoms with Crippen molar-refractivity contribution in [3.63, 3.8) is 0 Å². The average molecular weight is 428 g/mol. The summed E-state index contributed by atoms with van der Waals surface area (Å²) in [5.41, 5.74) is 2.42. The number of hydrogen-bond donors (Lipinski definition) is 1. The van der Waals surface area contributed by atoms with Gasteiger partial charge in [0, 0.05) is 39.5 Å². The molecule has 0 aliphatic carbocycles. The van der Waals surface area contributed by atoms with Gasteiger partial charge in [-0.15, -0.1) is 5.10 Å². The fourth-order valence-corrected chi connectivity index (χ4v) is 5.14. The summed E-state index contributed by atoms with van der Waals surface area (Å²) in [4.78, 5) is 22.1. The molecule has 3 heterocycles. The SMILES string of the molecule is CCc1nc2sc(C(c3ccc(C(C)C)cc3)N3CCN(C(C)=O)CC3)c(O)n2n1. The van der Waals surface area contributed by atoms with Gasteiger partial charge in [-0.1, -0.05) is 56.4 Å². The van der Waals surface area contributed by atoms with Crippen LogP contribution in [0.4, 0.5) is 0 Å². The van der Waals surface area contributed by atoms with Crippen molar-refractivity contribution in [1.82, 2.24) is 24.4 Å². The van der Waals surface area contributed by atoms with Crippen molar-refractivity contribution >= 4 is 22.2 Å². The van der Waals surface area contributed by atoms with Crippen molar-refractivity contribution < 1.29 is 9.90 Å². The molecule has 1 fully saturated rings. The molecule has 1 atom stereocenters. The predicted molar refractivity (Wildman–Crippen MR) is 118 cm³/mol. The van der Waals surface area contributed by atoms with E-state index in [1.807, 2.05) is 11.8 Å². The summed E-state index contributed by atoms with van der Waals surface area (Å²) in [6.45, 7) is 10.9. The molecule has 8 heteroatoms. The van der Waals surface area contributed by atoms with Gasteiger partial charge in [0.15, 0.2) is 5.82 Å². The number of piperazine rings is 1. The van der Waals surface area contributed by atoms with Crippen LogP contribution in [0.5, 0.6) is 5.88 Å². The Morgan fingerprint density at radius 3 is 2.30 bits per heavy atom. The van der Waals surface area contributed by atoms with Crippen molar-refractivity contribution in [2.45, 2.75) is 46.1 Å². The molecule has 2 aromatic heterocycles. The van der Waals surface area contributed by atoms with Crippen LogP contribution in [-0.4, -0.2) is 61.6 Å². The molecule has 1 unspecified atom stereocenters. The molecule has 1 N–H and O–H groups in total. The molecule has 1 aliphatic heterocycles. The molecule has 0 saturated carbocycles. The molecule has 30 heavy (non-hydrogen) atoms. The lowest BCUT2D eigenvalue weighted by Crippen LogP contribution is -2.49. The Kier molecular flexibility index (Phi) is 5.79. The van der Waals surface area contributed by atoms with E-state index in [4.69, 9.17) is 0 Å². The van der Waals surface area contributed by atoms with E-state index >= 15 is 0 Å². The second-order valence-corrected chi connectivity index (χ2v) is 9.14. The zero-order valence-electron chi connectivity index (χ0n) is 18.0. The van der Waals surface area contributed by atoms with Crippen LogP contribution in [0.2, 0.25) is 0 Å². The van der Waals surface area contributed by atoms with E-state index in [1.54, 1.807) is 11.4 Å². The van der Waals surface area contributed by atoms with Gasteiger partial charge in [-0.2, -0.15) is 4.52 Å². The molecule has 0 bridgehead atoms. The van der Waals surface area contributed by atoms with E-state index < -0.39 is 0 Å². The largest absolute Gasteiger partial charge is 0.492 e. The number of aryl methyl sites for hydroxylation is 1. The Hall–Kier alpha value is -2.45. The average Bonchev–Trinajstić information content (AvgIpc) is 3.28. The number of aromatic hydroxyl groups is 1. The second kappa shape index (κ2) is 8.35. The highest BCUT2D eigenvalue weighted by Crippen LogP contribution is 2.40. The zero-order chi connectivity index (χ0) is 21.4. The van der Waals surface area contributed by atoms with Crippen LogP contribution in [0.1, 0.15) is 61.5 Å². The van der Waals surface area contributed by atoms with Gasteiger partial charge in [0.25, 0.3) is 0 Å². The lowest BCUT2D eigenvalue weighted by atomic mass is 9.97. The zero-order valence-corrected chi connectivity index (χ0v) is 18.8. The standard InChI is InChI=1S/C22H29N5O2S/c1-5-18-23-22-27(24-18)21(29)20(30-22)19(17-8-6-16(7-9-17)14(2)3)26-12-10-25(11-13-26)15(4)28/h6-9,14,19,29H,5,10-13H2,1-4H3. The summed E-state index contributed by atoms with van der Waals surface area (Å²) in [5, 5.41) is 15.5. The number of carbonyl (C=O) groups excluding carboxylic acids is 1. The summed E-state index contributed by atoms with van der Waals surface area (Å²) in [5.74, 6) is 1.47. The Morgan fingerprint density at radius 1 is 1.13 bits per heavy atom. The molecule has 1 aliphatic rings. The fraction of sp³-hybridized carbons (Fsp3) is 0.500. The highest BCUT2D eigenvalue weighted by molar-refractivity contribution is 7.17. The number of hydrogen-bond acceptors (Lipinski definition) is 6. The molecule has 3 aromatic rings. The first-order valence-corrected chi connectivity index (χ1v) is 11.4. The molecule has 4 rings (SSSR count). The first-order chi connectivity index (χ1) is 14.4. The van der Waals surface area contributed by atoms with E-state index in [9.17, 15) is 9.90 Å². The van der Waals surface area contributed by atoms with Crippen molar-refractivity contribution in [3.05, 3.63) is 46.1 Å². The Morgan fingerprint density at radius 2 is 1.77 bits per heavy atom. The minimum atomic E-state index is -0.0982. The van der Waals surface area contributed by atoms with Crippen LogP contribution in [-0.2, 0) is 11.2 Å². The van der Waals surface area contributed by atoms with Crippen LogP contribution in [0, 0.1) is 0 Å². The number of nitrogens with zero attached hydrogens (tertiary/aromatic N) is 5. The highest BCUT2D eigenvalue weighted by Gasteiger charge is 2.32. The minimum absolute atomic E-state index is 0.0982. The molecule has 1 saturated heterocycles. The molecular weight excluding hydrogens is 398 g/mol. The molecule has 160 valence electrons. The van der Waals surface area contributed by atoms with Crippen LogP contribution < -0.4 is 0 Å². The van der Waals surface area contributed by atoms with Gasteiger partial charge >= 0.3 is 0 Å². The van der Waals surface area contributed by atoms with Crippen LogP contribution in [0.25, 0.3) is 4.96 Å². The number of thiazole rings is 1. The predicted octanol–water partition coefficient (Wildman–Crippen LogP) is 3.44. The second-order valence-electron chi connectivity index (χ2n) is 8.13. The van der Waals surface area contributed by atoms with Gasteiger partial charge < -0.3 is 10.0 Å². The summed E-state index contributed by atoms with van der Waals surface area (Å²) >= 11 is 1.49. The number of benzene rings is 1. The Labute approximate surface area is 181 Å². The van der Waals surface area contributed by atoms with Crippen molar-refractivity contribution in [3.8, 4) is 5.88 Å². The van der Waals surface area contributed by atoms with E-state index in [1.165, 1.54) is 16.9 Å². The van der Waals surface area contributed by atoms with E-state index in [2.05, 4.69) is 53.1 Å². The van der Waals surface area contributed by atoms with E-state index in [0.717, 1.165) is 35.8 Å². The molecule has 7 nitrogen and oxygen atoms in total. The van der Waals surface area contributed by atoms with Gasteiger partial charge in [-0.3, -0.25) is 9.69 Å². The number of aromatic nitrogens is 3. The monoisotopic (exact) mass is 427 g/mol. The first-order valence-electron chi connectivity index (χ1n) is 10.6. The van der Waals surface area contributed by atoms with Crippen molar-refractivity contribution in [2.24, 2.45) is 0 Å². The number of fused-ring (bicyclic) bond motifs is 1. The molecule has 0 spiro atoms. The Bertz CT molecular complexity index is 1030. The molecule has 1 amide bonds. The van der Waals surface area contributed by atoms with Crippen LogP contribution in [0.3, 0.4) is 0 Å². The normalized spacial score (nSPS) is 16.5. The van der Waals surface area contributed by atoms with Gasteiger partial charge in [0.2, 0.25) is 16.7 Å². The number of carbonyl (C=O) groups is 1. The third-order valence-electron chi connectivity index (χ3n) is 5.85. The third kappa shape index (κ3) is 3.81. The van der Waals surface area contributed by atoms with Gasteiger partial charge in [0.1, 0.15) is 0 Å². The maximum atomic E-state index is 11.8. The quantitative estimate of drug-likeness (QED) is 0.675. The molecule has 0 radical (unpaired) electrons. The number of amides is 1. The van der Waals surface area contributed by atoms with Gasteiger partial charge in [0.05, 0.1) is 10.9 Å². The fourth-order valence-electron chi connectivity index (χ4n) is 4.00. The maximum absolute atomic E-state index is 11.8. The first kappa shape index (κ1) is 20.8. The van der Waals surface area contributed by atoms with Crippen LogP contribution in [0.15, 0.2) is 24.3 Å². The third-order valence-corrected chi connectivity index (χ3v) is 6.92. The van der Waals surface area contributed by atoms with Crippen molar-refractivity contribution in [1.29, 1.82) is 0 Å². The van der Waals surface area contributed by atoms with E-state index in [-0.39, 0.29) is 17.8 Å². The summed E-state index contributed by atoms with van der Waals surface area (Å²) < 4.78 is 1.56.